The summed E-state index contributed by atoms with van der Waals surface area (Å²) in [5.41, 5.74) is -5.91. The maximum absolute atomic E-state index is 5.97. The number of halogens is 6. The highest BCUT2D eigenvalue weighted by atomic mass is 35.9. The van der Waals surface area contributed by atoms with Crippen molar-refractivity contribution in [2.24, 2.45) is 0 Å². The lowest BCUT2D eigenvalue weighted by Gasteiger charge is -2.36. The SMILES string of the molecule is CCN(CC)P([Si](Cl)(Cl)Cl)[Si](Cl)(Cl)Cl. The van der Waals surface area contributed by atoms with Gasteiger partial charge in [0.15, 0.2) is 0 Å². The van der Waals surface area contributed by atoms with Gasteiger partial charge in [0.1, 0.15) is 0 Å². The van der Waals surface area contributed by atoms with Crippen LogP contribution in [0.25, 0.3) is 0 Å². The number of nitrogens with zero attached hydrogens (tertiary/aromatic N) is 1. The zero-order valence-corrected chi connectivity index (χ0v) is 15.0. The molecule has 0 fully saturated rings. The van der Waals surface area contributed by atoms with Crippen LogP contribution in [-0.2, 0) is 0 Å². The van der Waals surface area contributed by atoms with E-state index in [1.807, 2.05) is 18.5 Å². The standard InChI is InChI=1S/C4H10Cl6NPSi2/c1-3-11(4-2)12(13(5,6)7)14(8,9)10/h3-4H2,1-2H3. The Kier molecular flexibility index (Phi) is 7.67. The average Bonchev–Trinajstić information content (AvgIpc) is 1.94. The number of hydrogen-bond acceptors (Lipinski definition) is 1. The van der Waals surface area contributed by atoms with Gasteiger partial charge in [-0.2, -0.15) is 0 Å². The Labute approximate surface area is 116 Å². The summed E-state index contributed by atoms with van der Waals surface area (Å²) < 4.78 is 1.98. The van der Waals surface area contributed by atoms with Gasteiger partial charge in [-0.05, 0) is 13.1 Å². The lowest BCUT2D eigenvalue weighted by Crippen LogP contribution is -2.34. The molecule has 86 valence electrons. The third-order valence-electron chi connectivity index (χ3n) is 1.49. The minimum atomic E-state index is -2.95. The zero-order valence-electron chi connectivity index (χ0n) is 7.58. The first kappa shape index (κ1) is 16.6. The summed E-state index contributed by atoms with van der Waals surface area (Å²) in [7, 11) is -1.20. The normalized spacial score (nSPS) is 14.1. The van der Waals surface area contributed by atoms with Crippen molar-refractivity contribution < 1.29 is 0 Å². The van der Waals surface area contributed by atoms with Crippen molar-refractivity contribution in [1.29, 1.82) is 0 Å². The fourth-order valence-electron chi connectivity index (χ4n) is 0.971. The second kappa shape index (κ2) is 6.48. The van der Waals surface area contributed by atoms with Crippen molar-refractivity contribution in [3.63, 3.8) is 0 Å². The average molecular weight is 372 g/mol. The van der Waals surface area contributed by atoms with E-state index in [2.05, 4.69) is 0 Å². The second-order valence-electron chi connectivity index (χ2n) is 2.39. The molecular formula is C4H10Cl6NPSi2. The van der Waals surface area contributed by atoms with E-state index in [4.69, 9.17) is 66.5 Å². The Balaban J connectivity index is 4.91. The molecule has 0 aliphatic carbocycles. The molecule has 10 heteroatoms. The van der Waals surface area contributed by atoms with Crippen molar-refractivity contribution in [1.82, 2.24) is 4.67 Å². The highest BCUT2D eigenvalue weighted by Gasteiger charge is 2.54. The molecule has 0 aliphatic rings. The van der Waals surface area contributed by atoms with Gasteiger partial charge in [-0.1, -0.05) is 13.8 Å². The first-order chi connectivity index (χ1) is 6.14. The third kappa shape index (κ3) is 5.26. The van der Waals surface area contributed by atoms with Crippen molar-refractivity contribution in [3.05, 3.63) is 0 Å². The second-order valence-corrected chi connectivity index (χ2v) is 31.8. The minimum Gasteiger partial charge on any atom is -0.283 e. The molecule has 0 unspecified atom stereocenters. The summed E-state index contributed by atoms with van der Waals surface area (Å²) in [6.45, 7) is 5.41. The molecule has 0 aromatic carbocycles. The molecule has 0 saturated carbocycles. The van der Waals surface area contributed by atoms with Crippen LogP contribution in [0, 0.1) is 0 Å². The van der Waals surface area contributed by atoms with Crippen LogP contribution >= 0.6 is 73.6 Å². The summed E-state index contributed by atoms with van der Waals surface area (Å²) in [6.07, 6.45) is 0. The molecule has 14 heavy (non-hydrogen) atoms. The van der Waals surface area contributed by atoms with Crippen LogP contribution in [0.5, 0.6) is 0 Å². The highest BCUT2D eigenvalue weighted by Crippen LogP contribution is 2.66. The molecule has 0 radical (unpaired) electrons. The van der Waals surface area contributed by atoms with E-state index in [0.717, 1.165) is 13.1 Å². The minimum absolute atomic E-state index is 0.740. The predicted molar refractivity (Wildman–Crippen MR) is 76.5 cm³/mol. The first-order valence-corrected chi connectivity index (χ1v) is 16.9. The zero-order chi connectivity index (χ0) is 11.6. The van der Waals surface area contributed by atoms with Crippen molar-refractivity contribution in [3.8, 4) is 0 Å². The van der Waals surface area contributed by atoms with E-state index < -0.39 is 18.5 Å². The molecule has 1 nitrogen and oxygen atoms in total. The van der Waals surface area contributed by atoms with Gasteiger partial charge in [0, 0.05) is 7.17 Å². The van der Waals surface area contributed by atoms with E-state index in [-0.39, 0.29) is 0 Å². The molecule has 0 N–H and O–H groups in total. The van der Waals surface area contributed by atoms with Gasteiger partial charge in [-0.3, -0.25) is 4.67 Å². The van der Waals surface area contributed by atoms with Crippen molar-refractivity contribution in [2.75, 3.05) is 13.1 Å². The van der Waals surface area contributed by atoms with E-state index in [0.29, 0.717) is 0 Å². The Bertz CT molecular complexity index is 164. The quantitative estimate of drug-likeness (QED) is 0.372. The van der Waals surface area contributed by atoms with Crippen LogP contribution in [0.1, 0.15) is 13.8 Å². The van der Waals surface area contributed by atoms with Crippen LogP contribution < -0.4 is 0 Å². The van der Waals surface area contributed by atoms with Crippen LogP contribution in [0.2, 0.25) is 0 Å². The van der Waals surface area contributed by atoms with Gasteiger partial charge >= 0.3 is 11.3 Å². The molecule has 0 spiro atoms. The van der Waals surface area contributed by atoms with Crippen LogP contribution in [0.15, 0.2) is 0 Å². The monoisotopic (exact) mass is 369 g/mol. The molecule has 0 aromatic rings. The van der Waals surface area contributed by atoms with Crippen LogP contribution in [0.4, 0.5) is 0 Å². The molecular weight excluding hydrogens is 362 g/mol. The summed E-state index contributed by atoms with van der Waals surface area (Å²) in [6, 6.07) is 0. The Morgan fingerprint density at radius 2 is 1.14 bits per heavy atom. The summed E-state index contributed by atoms with van der Waals surface area (Å²) >= 11 is 35.8. The lowest BCUT2D eigenvalue weighted by molar-refractivity contribution is 0.518. The Hall–Kier alpha value is 2.56. The number of hydrogen-bond donors (Lipinski definition) is 0. The van der Waals surface area contributed by atoms with Gasteiger partial charge < -0.3 is 0 Å². The van der Waals surface area contributed by atoms with Crippen LogP contribution in [0.3, 0.4) is 0 Å². The third-order valence-corrected chi connectivity index (χ3v) is 30.5. The molecule has 0 saturated heterocycles. The van der Waals surface area contributed by atoms with E-state index >= 15 is 0 Å². The van der Waals surface area contributed by atoms with Gasteiger partial charge in [0.25, 0.3) is 0 Å². The van der Waals surface area contributed by atoms with Crippen molar-refractivity contribution >= 4 is 85.0 Å². The van der Waals surface area contributed by atoms with Gasteiger partial charge in [-0.15, -0.1) is 66.5 Å². The van der Waals surface area contributed by atoms with Gasteiger partial charge in [0.2, 0.25) is 0 Å². The van der Waals surface area contributed by atoms with E-state index in [1.165, 1.54) is 0 Å². The predicted octanol–water partition coefficient (Wildman–Crippen LogP) is 5.03. The molecule has 0 atom stereocenters. The fourth-order valence-corrected chi connectivity index (χ4v) is 46.4. The molecule has 0 bridgehead atoms. The Morgan fingerprint density at radius 1 is 0.857 bits per heavy atom. The van der Waals surface area contributed by atoms with Crippen molar-refractivity contribution in [2.45, 2.75) is 13.8 Å². The molecule has 0 amide bonds. The van der Waals surface area contributed by atoms with Crippen LogP contribution in [-0.4, -0.2) is 29.1 Å². The largest absolute Gasteiger partial charge is 0.380 e. The summed E-state index contributed by atoms with van der Waals surface area (Å²) in [5, 5.41) is 0. The molecule has 0 aromatic heterocycles. The van der Waals surface area contributed by atoms with E-state index in [9.17, 15) is 0 Å². The summed E-state index contributed by atoms with van der Waals surface area (Å²) in [5.74, 6) is 0. The maximum atomic E-state index is 5.97. The fraction of sp³-hybridized carbons (Fsp3) is 1.00. The molecule has 0 aliphatic heterocycles. The van der Waals surface area contributed by atoms with E-state index in [1.54, 1.807) is 0 Å². The number of rotatable bonds is 5. The lowest BCUT2D eigenvalue weighted by atomic mass is 10.7. The maximum Gasteiger partial charge on any atom is 0.380 e. The highest BCUT2D eigenvalue weighted by molar-refractivity contribution is 8.42. The molecule has 0 rings (SSSR count). The Morgan fingerprint density at radius 3 is 1.21 bits per heavy atom. The molecule has 0 heterocycles. The smallest absolute Gasteiger partial charge is 0.283 e. The topological polar surface area (TPSA) is 3.24 Å². The summed E-state index contributed by atoms with van der Waals surface area (Å²) in [4.78, 5) is 0. The first-order valence-electron chi connectivity index (χ1n) is 3.83. The van der Waals surface area contributed by atoms with Gasteiger partial charge in [0.05, 0.1) is 0 Å². The van der Waals surface area contributed by atoms with Gasteiger partial charge in [-0.25, -0.2) is 0 Å².